The highest BCUT2D eigenvalue weighted by atomic mass is 32.2. The minimum absolute atomic E-state index is 0.0600. The number of rotatable bonds is 7. The van der Waals surface area contributed by atoms with Gasteiger partial charge in [-0.2, -0.15) is 16.5 Å². The number of methoxy groups -OCH3 is 1. The van der Waals surface area contributed by atoms with Gasteiger partial charge in [0.2, 0.25) is 10.0 Å². The van der Waals surface area contributed by atoms with E-state index in [1.165, 1.54) is 43.1 Å². The molecule has 112 valence electrons. The third-order valence-corrected chi connectivity index (χ3v) is 4.72. The number of thioether (sulfide) groups is 1. The van der Waals surface area contributed by atoms with Crippen LogP contribution < -0.4 is 10.5 Å². The van der Waals surface area contributed by atoms with Gasteiger partial charge >= 0.3 is 5.97 Å². The van der Waals surface area contributed by atoms with Crippen LogP contribution >= 0.6 is 11.8 Å². The van der Waals surface area contributed by atoms with Crippen molar-refractivity contribution in [2.45, 2.75) is 17.4 Å². The average Bonchev–Trinajstić information content (AvgIpc) is 2.43. The molecule has 8 heteroatoms. The van der Waals surface area contributed by atoms with Gasteiger partial charge in [0.1, 0.15) is 6.04 Å². The monoisotopic (exact) mass is 318 g/mol. The van der Waals surface area contributed by atoms with Crippen LogP contribution in [0.2, 0.25) is 0 Å². The van der Waals surface area contributed by atoms with Gasteiger partial charge in [0, 0.05) is 5.69 Å². The highest BCUT2D eigenvalue weighted by Gasteiger charge is 2.25. The quantitative estimate of drug-likeness (QED) is 0.571. The number of ether oxygens (including phenoxy) is 1. The molecule has 0 aliphatic carbocycles. The van der Waals surface area contributed by atoms with Crippen molar-refractivity contribution in [2.75, 3.05) is 24.9 Å². The van der Waals surface area contributed by atoms with Gasteiger partial charge < -0.3 is 10.5 Å². The molecule has 1 aromatic carbocycles. The number of esters is 1. The zero-order chi connectivity index (χ0) is 15.2. The van der Waals surface area contributed by atoms with E-state index in [-0.39, 0.29) is 4.90 Å². The van der Waals surface area contributed by atoms with E-state index in [2.05, 4.69) is 9.46 Å². The maximum Gasteiger partial charge on any atom is 0.323 e. The van der Waals surface area contributed by atoms with E-state index < -0.39 is 22.0 Å². The Labute approximate surface area is 123 Å². The first kappa shape index (κ1) is 16.8. The van der Waals surface area contributed by atoms with Gasteiger partial charge in [-0.3, -0.25) is 4.79 Å². The van der Waals surface area contributed by atoms with Crippen molar-refractivity contribution in [1.82, 2.24) is 4.72 Å². The van der Waals surface area contributed by atoms with E-state index in [4.69, 9.17) is 5.73 Å². The van der Waals surface area contributed by atoms with Crippen LogP contribution in [0.3, 0.4) is 0 Å². The fourth-order valence-corrected chi connectivity index (χ4v) is 3.20. The van der Waals surface area contributed by atoms with Crippen LogP contribution in [0.25, 0.3) is 0 Å². The van der Waals surface area contributed by atoms with Gasteiger partial charge in [0.15, 0.2) is 0 Å². The lowest BCUT2D eigenvalue weighted by Crippen LogP contribution is -2.41. The number of hydrogen-bond donors (Lipinski definition) is 2. The molecule has 0 aromatic heterocycles. The van der Waals surface area contributed by atoms with Crippen LogP contribution in [0.5, 0.6) is 0 Å². The van der Waals surface area contributed by atoms with Crippen LogP contribution in [-0.2, 0) is 19.6 Å². The van der Waals surface area contributed by atoms with Gasteiger partial charge in [-0.05, 0) is 42.7 Å². The molecule has 0 bridgehead atoms. The topological polar surface area (TPSA) is 98.5 Å². The summed E-state index contributed by atoms with van der Waals surface area (Å²) in [5, 5.41) is 0. The lowest BCUT2D eigenvalue weighted by atomic mass is 10.2. The second-order valence-corrected chi connectivity index (χ2v) is 6.75. The van der Waals surface area contributed by atoms with E-state index in [1.807, 2.05) is 6.26 Å². The van der Waals surface area contributed by atoms with Gasteiger partial charge in [0.25, 0.3) is 0 Å². The molecular weight excluding hydrogens is 300 g/mol. The second kappa shape index (κ2) is 7.51. The molecule has 0 heterocycles. The molecule has 0 amide bonds. The van der Waals surface area contributed by atoms with Gasteiger partial charge in [-0.1, -0.05) is 0 Å². The van der Waals surface area contributed by atoms with Crippen LogP contribution in [-0.4, -0.2) is 39.5 Å². The Balaban J connectivity index is 2.90. The molecule has 0 aliphatic heterocycles. The average molecular weight is 318 g/mol. The van der Waals surface area contributed by atoms with Crippen LogP contribution in [0, 0.1) is 0 Å². The second-order valence-electron chi connectivity index (χ2n) is 4.05. The SMILES string of the molecule is COC(=O)C(CCSC)NS(=O)(=O)c1ccc(N)cc1. The molecule has 0 spiro atoms. The predicted molar refractivity (Wildman–Crippen MR) is 80.0 cm³/mol. The van der Waals surface area contributed by atoms with Gasteiger partial charge in [0.05, 0.1) is 12.0 Å². The lowest BCUT2D eigenvalue weighted by Gasteiger charge is -2.16. The van der Waals surface area contributed by atoms with E-state index >= 15 is 0 Å². The number of anilines is 1. The summed E-state index contributed by atoms with van der Waals surface area (Å²) in [6.45, 7) is 0. The summed E-state index contributed by atoms with van der Waals surface area (Å²) < 4.78 is 31.3. The molecule has 0 fully saturated rings. The fraction of sp³-hybridized carbons (Fsp3) is 0.417. The van der Waals surface area contributed by atoms with Crippen molar-refractivity contribution < 1.29 is 17.9 Å². The van der Waals surface area contributed by atoms with Crippen molar-refractivity contribution >= 4 is 33.4 Å². The van der Waals surface area contributed by atoms with E-state index in [0.717, 1.165) is 0 Å². The van der Waals surface area contributed by atoms with Crippen molar-refractivity contribution in [1.29, 1.82) is 0 Å². The van der Waals surface area contributed by atoms with Crippen LogP contribution in [0.1, 0.15) is 6.42 Å². The number of nitrogens with two attached hydrogens (primary N) is 1. The molecule has 1 aromatic rings. The summed E-state index contributed by atoms with van der Waals surface area (Å²) in [7, 11) is -2.55. The Hall–Kier alpha value is -1.25. The minimum Gasteiger partial charge on any atom is -0.468 e. The summed E-state index contributed by atoms with van der Waals surface area (Å²) in [4.78, 5) is 11.7. The molecule has 1 rings (SSSR count). The third-order valence-electron chi connectivity index (χ3n) is 2.58. The van der Waals surface area contributed by atoms with Gasteiger partial charge in [-0.15, -0.1) is 0 Å². The van der Waals surface area contributed by atoms with Crippen LogP contribution in [0.15, 0.2) is 29.2 Å². The fourth-order valence-electron chi connectivity index (χ4n) is 1.51. The molecular formula is C12H18N2O4S2. The highest BCUT2D eigenvalue weighted by Crippen LogP contribution is 2.13. The molecule has 0 aliphatic rings. The predicted octanol–water partition coefficient (Wildman–Crippen LogP) is 0.842. The molecule has 1 unspecified atom stereocenters. The van der Waals surface area contributed by atoms with E-state index in [0.29, 0.717) is 17.9 Å². The zero-order valence-electron chi connectivity index (χ0n) is 11.3. The normalized spacial score (nSPS) is 12.9. The molecule has 0 saturated carbocycles. The number of carbonyl (C=O) groups excluding carboxylic acids is 1. The number of benzene rings is 1. The number of sulfonamides is 1. The smallest absolute Gasteiger partial charge is 0.323 e. The minimum atomic E-state index is -3.78. The maximum absolute atomic E-state index is 12.2. The Kier molecular flexibility index (Phi) is 6.31. The standard InChI is InChI=1S/C12H18N2O4S2/c1-18-12(15)11(7-8-19-2)14-20(16,17)10-5-3-9(13)4-6-10/h3-6,11,14H,7-8,13H2,1-2H3. The molecule has 0 radical (unpaired) electrons. The van der Waals surface area contributed by atoms with Crippen LogP contribution in [0.4, 0.5) is 5.69 Å². The molecule has 20 heavy (non-hydrogen) atoms. The summed E-state index contributed by atoms with van der Waals surface area (Å²) in [6, 6.07) is 4.86. The molecule has 1 atom stereocenters. The van der Waals surface area contributed by atoms with Crippen molar-refractivity contribution in [2.24, 2.45) is 0 Å². The Morgan fingerprint density at radius 2 is 2.00 bits per heavy atom. The van der Waals surface area contributed by atoms with Crippen molar-refractivity contribution in [3.63, 3.8) is 0 Å². The Morgan fingerprint density at radius 3 is 2.50 bits per heavy atom. The van der Waals surface area contributed by atoms with E-state index in [9.17, 15) is 13.2 Å². The Morgan fingerprint density at radius 1 is 1.40 bits per heavy atom. The number of hydrogen-bond acceptors (Lipinski definition) is 6. The summed E-state index contributed by atoms with van der Waals surface area (Å²) in [5.41, 5.74) is 5.98. The number of carbonyl (C=O) groups is 1. The lowest BCUT2D eigenvalue weighted by molar-refractivity contribution is -0.142. The Bertz CT molecular complexity index is 543. The van der Waals surface area contributed by atoms with Gasteiger partial charge in [-0.25, -0.2) is 8.42 Å². The summed E-state index contributed by atoms with van der Waals surface area (Å²) >= 11 is 1.52. The summed E-state index contributed by atoms with van der Waals surface area (Å²) in [6.07, 6.45) is 2.24. The zero-order valence-corrected chi connectivity index (χ0v) is 13.0. The molecule has 6 nitrogen and oxygen atoms in total. The largest absolute Gasteiger partial charge is 0.468 e. The van der Waals surface area contributed by atoms with Crippen molar-refractivity contribution in [3.8, 4) is 0 Å². The molecule has 0 saturated heterocycles. The first-order chi connectivity index (χ1) is 9.40. The number of nitrogen functional groups attached to an aromatic ring is 1. The van der Waals surface area contributed by atoms with Crippen molar-refractivity contribution in [3.05, 3.63) is 24.3 Å². The number of nitrogens with one attached hydrogen (secondary N) is 1. The molecule has 3 N–H and O–H groups in total. The first-order valence-electron chi connectivity index (χ1n) is 5.85. The third kappa shape index (κ3) is 4.69. The summed E-state index contributed by atoms with van der Waals surface area (Å²) in [5.74, 6) is 0.0439. The van der Waals surface area contributed by atoms with E-state index in [1.54, 1.807) is 0 Å². The maximum atomic E-state index is 12.2. The first-order valence-corrected chi connectivity index (χ1v) is 8.73. The highest BCUT2D eigenvalue weighted by molar-refractivity contribution is 7.98.